The van der Waals surface area contributed by atoms with Crippen molar-refractivity contribution in [1.82, 2.24) is 5.32 Å². The molecular weight excluding hydrogens is 449 g/mol. The SMILES string of the molecule is CC/C=C/[C@@H](F)[C@H](CO[C@@H]1OC(COCc2ccccc2)[C@H](C)[C@H](C)C1C)NC(=O)OC(C)(C)C. The molecule has 35 heavy (non-hydrogen) atoms. The van der Waals surface area contributed by atoms with Crippen LogP contribution in [0.1, 0.15) is 60.5 Å². The smallest absolute Gasteiger partial charge is 0.408 e. The summed E-state index contributed by atoms with van der Waals surface area (Å²) < 4.78 is 38.6. The van der Waals surface area contributed by atoms with Crippen LogP contribution in [-0.4, -0.2) is 49.5 Å². The number of ether oxygens (including phenoxy) is 4. The van der Waals surface area contributed by atoms with E-state index in [9.17, 15) is 9.18 Å². The predicted molar refractivity (Wildman–Crippen MR) is 136 cm³/mol. The van der Waals surface area contributed by atoms with E-state index in [1.165, 1.54) is 6.08 Å². The lowest BCUT2D eigenvalue weighted by atomic mass is 9.79. The first-order chi connectivity index (χ1) is 16.5. The maximum Gasteiger partial charge on any atom is 0.408 e. The fraction of sp³-hybridized carbons (Fsp3) is 0.679. The van der Waals surface area contributed by atoms with Gasteiger partial charge in [-0.15, -0.1) is 0 Å². The maximum atomic E-state index is 14.9. The number of nitrogens with one attached hydrogen (secondary N) is 1. The van der Waals surface area contributed by atoms with Crippen LogP contribution in [0.2, 0.25) is 0 Å². The molecule has 1 saturated heterocycles. The predicted octanol–water partition coefficient (Wildman–Crippen LogP) is 6.05. The van der Waals surface area contributed by atoms with E-state index in [1.54, 1.807) is 26.8 Å². The van der Waals surface area contributed by atoms with Gasteiger partial charge in [0.2, 0.25) is 0 Å². The standard InChI is InChI=1S/C28H44FNO5/c1-8-9-15-23(29)24(30-27(31)35-28(5,6)7)17-33-26-21(4)19(2)20(3)25(34-26)18-32-16-22-13-11-10-12-14-22/h9-15,19-21,23-26H,8,16-18H2,1-7H3,(H,30,31)/b15-9+/t19-,20+,21?,23+,24-,25?,26+/m0/s1. The zero-order valence-corrected chi connectivity index (χ0v) is 22.3. The van der Waals surface area contributed by atoms with Gasteiger partial charge in [0.1, 0.15) is 11.8 Å². The molecule has 1 aliphatic rings. The summed E-state index contributed by atoms with van der Waals surface area (Å²) >= 11 is 0. The Hall–Kier alpha value is -1.96. The van der Waals surface area contributed by atoms with Gasteiger partial charge in [-0.05, 0) is 44.6 Å². The molecule has 198 valence electrons. The van der Waals surface area contributed by atoms with Crippen molar-refractivity contribution < 1.29 is 28.1 Å². The second-order valence-corrected chi connectivity index (χ2v) is 10.5. The number of alkyl carbamates (subject to hydrolysis) is 1. The van der Waals surface area contributed by atoms with Crippen LogP contribution in [0.3, 0.4) is 0 Å². The minimum Gasteiger partial charge on any atom is -0.444 e. The number of amides is 1. The van der Waals surface area contributed by atoms with Crippen LogP contribution in [0.5, 0.6) is 0 Å². The van der Waals surface area contributed by atoms with Crippen LogP contribution in [0, 0.1) is 17.8 Å². The zero-order chi connectivity index (χ0) is 26.0. The van der Waals surface area contributed by atoms with Gasteiger partial charge < -0.3 is 24.3 Å². The molecule has 0 bridgehead atoms. The number of hydrogen-bond donors (Lipinski definition) is 1. The third-order valence-electron chi connectivity index (χ3n) is 6.46. The summed E-state index contributed by atoms with van der Waals surface area (Å²) in [7, 11) is 0. The molecule has 0 aromatic heterocycles. The summed E-state index contributed by atoms with van der Waals surface area (Å²) in [5.74, 6) is 0.692. The Bertz CT molecular complexity index is 781. The minimum atomic E-state index is -1.41. The van der Waals surface area contributed by atoms with E-state index in [1.807, 2.05) is 37.3 Å². The van der Waals surface area contributed by atoms with E-state index in [2.05, 4.69) is 26.1 Å². The van der Waals surface area contributed by atoms with E-state index < -0.39 is 30.2 Å². The number of allylic oxidation sites excluding steroid dienone is 1. The van der Waals surface area contributed by atoms with Crippen molar-refractivity contribution in [3.8, 4) is 0 Å². The van der Waals surface area contributed by atoms with Crippen LogP contribution < -0.4 is 5.32 Å². The Labute approximate surface area is 210 Å². The average Bonchev–Trinajstić information content (AvgIpc) is 2.80. The number of hydrogen-bond acceptors (Lipinski definition) is 5. The average molecular weight is 494 g/mol. The van der Waals surface area contributed by atoms with Crippen molar-refractivity contribution in [2.75, 3.05) is 13.2 Å². The number of carbonyl (C=O) groups excluding carboxylic acids is 1. The number of halogens is 1. The van der Waals surface area contributed by atoms with Gasteiger partial charge in [0.25, 0.3) is 0 Å². The quantitative estimate of drug-likeness (QED) is 0.380. The van der Waals surface area contributed by atoms with Gasteiger partial charge in [-0.2, -0.15) is 0 Å². The van der Waals surface area contributed by atoms with Gasteiger partial charge in [-0.25, -0.2) is 9.18 Å². The molecule has 7 atom stereocenters. The molecular formula is C28H44FNO5. The molecule has 0 radical (unpaired) electrons. The van der Waals surface area contributed by atoms with Crippen molar-refractivity contribution in [2.24, 2.45) is 17.8 Å². The Kier molecular flexibility index (Phi) is 11.7. The van der Waals surface area contributed by atoms with Crippen LogP contribution >= 0.6 is 0 Å². The number of rotatable bonds is 11. The molecule has 6 nitrogen and oxygen atoms in total. The number of carbonyl (C=O) groups is 1. The number of alkyl halides is 1. The van der Waals surface area contributed by atoms with Crippen molar-refractivity contribution >= 4 is 6.09 Å². The highest BCUT2D eigenvalue weighted by atomic mass is 19.1. The third kappa shape index (κ3) is 9.90. The molecule has 1 aromatic carbocycles. The maximum absolute atomic E-state index is 14.9. The summed E-state index contributed by atoms with van der Waals surface area (Å²) in [5.41, 5.74) is 0.426. The van der Waals surface area contributed by atoms with E-state index >= 15 is 0 Å². The molecule has 1 heterocycles. The highest BCUT2D eigenvalue weighted by Gasteiger charge is 2.40. The van der Waals surface area contributed by atoms with Crippen LogP contribution in [0.4, 0.5) is 9.18 Å². The first-order valence-electron chi connectivity index (χ1n) is 12.7. The normalized spacial score (nSPS) is 26.9. The zero-order valence-electron chi connectivity index (χ0n) is 22.3. The van der Waals surface area contributed by atoms with Crippen LogP contribution in [0.25, 0.3) is 0 Å². The monoisotopic (exact) mass is 493 g/mol. The van der Waals surface area contributed by atoms with Crippen molar-refractivity contribution in [1.29, 1.82) is 0 Å². The molecule has 0 saturated carbocycles. The van der Waals surface area contributed by atoms with Gasteiger partial charge in [-0.3, -0.25) is 0 Å². The molecule has 2 rings (SSSR count). The largest absolute Gasteiger partial charge is 0.444 e. The van der Waals surface area contributed by atoms with Crippen molar-refractivity contribution in [2.45, 2.75) is 91.7 Å². The first-order valence-corrected chi connectivity index (χ1v) is 12.7. The molecule has 1 aliphatic heterocycles. The lowest BCUT2D eigenvalue weighted by molar-refractivity contribution is -0.259. The summed E-state index contributed by atoms with van der Waals surface area (Å²) in [6.45, 7) is 14.6. The van der Waals surface area contributed by atoms with Crippen LogP contribution in [0.15, 0.2) is 42.5 Å². The summed E-state index contributed by atoms with van der Waals surface area (Å²) in [6, 6.07) is 9.11. The lowest BCUT2D eigenvalue weighted by Gasteiger charge is -2.43. The molecule has 7 heteroatoms. The minimum absolute atomic E-state index is 0.0395. The highest BCUT2D eigenvalue weighted by molar-refractivity contribution is 5.68. The molecule has 0 aliphatic carbocycles. The summed E-state index contributed by atoms with van der Waals surface area (Å²) in [5, 5.41) is 2.63. The molecule has 2 unspecified atom stereocenters. The van der Waals surface area contributed by atoms with Crippen molar-refractivity contribution in [3.63, 3.8) is 0 Å². The highest BCUT2D eigenvalue weighted by Crippen LogP contribution is 2.35. The van der Waals surface area contributed by atoms with Crippen LogP contribution in [-0.2, 0) is 25.6 Å². The molecule has 1 fully saturated rings. The second kappa shape index (κ2) is 14.0. The third-order valence-corrected chi connectivity index (χ3v) is 6.46. The fourth-order valence-corrected chi connectivity index (χ4v) is 4.01. The lowest BCUT2D eigenvalue weighted by Crippen LogP contribution is -2.51. The number of benzene rings is 1. The van der Waals surface area contributed by atoms with Gasteiger partial charge in [0, 0.05) is 5.92 Å². The first kappa shape index (κ1) is 29.3. The van der Waals surface area contributed by atoms with E-state index in [0.29, 0.717) is 25.6 Å². The molecule has 1 aromatic rings. The summed E-state index contributed by atoms with van der Waals surface area (Å²) in [4.78, 5) is 12.3. The molecule has 1 amide bonds. The van der Waals surface area contributed by atoms with E-state index in [0.717, 1.165) is 5.56 Å². The van der Waals surface area contributed by atoms with Gasteiger partial charge in [0.05, 0.1) is 32.0 Å². The second-order valence-electron chi connectivity index (χ2n) is 10.5. The fourth-order valence-electron chi connectivity index (χ4n) is 4.01. The van der Waals surface area contributed by atoms with Gasteiger partial charge >= 0.3 is 6.09 Å². The summed E-state index contributed by atoms with van der Waals surface area (Å²) in [6.07, 6.45) is 1.11. The Morgan fingerprint density at radius 3 is 2.46 bits per heavy atom. The van der Waals surface area contributed by atoms with E-state index in [4.69, 9.17) is 18.9 Å². The van der Waals surface area contributed by atoms with Gasteiger partial charge in [0.15, 0.2) is 6.29 Å². The Morgan fingerprint density at radius 2 is 1.83 bits per heavy atom. The Morgan fingerprint density at radius 1 is 1.14 bits per heavy atom. The molecule has 0 spiro atoms. The van der Waals surface area contributed by atoms with Gasteiger partial charge in [-0.1, -0.05) is 70.2 Å². The Balaban J connectivity index is 1.99. The topological polar surface area (TPSA) is 66.0 Å². The molecule has 1 N–H and O–H groups in total. The van der Waals surface area contributed by atoms with Crippen molar-refractivity contribution in [3.05, 3.63) is 48.0 Å². The van der Waals surface area contributed by atoms with E-state index in [-0.39, 0.29) is 24.5 Å².